The fraction of sp³-hybridized carbons (Fsp3) is 0.458. The van der Waals surface area contributed by atoms with Crippen LogP contribution in [0.4, 0.5) is 5.69 Å². The summed E-state index contributed by atoms with van der Waals surface area (Å²) >= 11 is 0. The molecule has 0 aromatic heterocycles. The summed E-state index contributed by atoms with van der Waals surface area (Å²) in [6.45, 7) is -0.246. The first-order valence-electron chi connectivity index (χ1n) is 11.0. The summed E-state index contributed by atoms with van der Waals surface area (Å²) < 4.78 is 44.5. The number of carbonyl (C=O) groups is 1. The number of anilines is 1. The van der Waals surface area contributed by atoms with E-state index in [9.17, 15) is 13.2 Å². The molecule has 0 radical (unpaired) electrons. The molecule has 0 spiro atoms. The van der Waals surface area contributed by atoms with Crippen molar-refractivity contribution in [2.24, 2.45) is 0 Å². The predicted molar refractivity (Wildman–Crippen MR) is 127 cm³/mol. The van der Waals surface area contributed by atoms with Gasteiger partial charge in [0, 0.05) is 24.8 Å². The summed E-state index contributed by atoms with van der Waals surface area (Å²) in [5.74, 6) is 1.13. The van der Waals surface area contributed by atoms with Gasteiger partial charge in [-0.15, -0.1) is 0 Å². The molecule has 1 saturated carbocycles. The summed E-state index contributed by atoms with van der Waals surface area (Å²) in [7, 11) is 2.22. The highest BCUT2D eigenvalue weighted by Gasteiger charge is 2.35. The van der Waals surface area contributed by atoms with Crippen molar-refractivity contribution in [1.82, 2.24) is 4.31 Å². The number of likely N-dealkylation sites (N-methyl/N-ethyl adjacent to an activating group) is 1. The van der Waals surface area contributed by atoms with E-state index in [1.807, 2.05) is 0 Å². The van der Waals surface area contributed by atoms with Gasteiger partial charge >= 0.3 is 0 Å². The van der Waals surface area contributed by atoms with E-state index < -0.39 is 10.0 Å². The molecule has 3 rings (SSSR count). The van der Waals surface area contributed by atoms with E-state index >= 15 is 0 Å². The van der Waals surface area contributed by atoms with Gasteiger partial charge in [-0.25, -0.2) is 8.42 Å². The van der Waals surface area contributed by atoms with Crippen LogP contribution in [0.2, 0.25) is 0 Å². The van der Waals surface area contributed by atoms with Crippen LogP contribution in [0.25, 0.3) is 0 Å². The van der Waals surface area contributed by atoms with Crippen LogP contribution in [-0.2, 0) is 14.8 Å². The highest BCUT2D eigenvalue weighted by atomic mass is 32.2. The van der Waals surface area contributed by atoms with Crippen LogP contribution in [0.3, 0.4) is 0 Å². The molecule has 0 unspecified atom stereocenters. The summed E-state index contributed by atoms with van der Waals surface area (Å²) in [6, 6.07) is 11.3. The Kier molecular flexibility index (Phi) is 8.20. The molecule has 0 saturated heterocycles. The third-order valence-electron chi connectivity index (χ3n) is 6.07. The lowest BCUT2D eigenvalue weighted by Gasteiger charge is -2.34. The Labute approximate surface area is 196 Å². The summed E-state index contributed by atoms with van der Waals surface area (Å²) in [5.41, 5.74) is 0.660. The van der Waals surface area contributed by atoms with Crippen LogP contribution in [0, 0.1) is 0 Å². The van der Waals surface area contributed by atoms with Gasteiger partial charge in [-0.3, -0.25) is 4.79 Å². The zero-order valence-corrected chi connectivity index (χ0v) is 20.4. The molecule has 1 amide bonds. The quantitative estimate of drug-likeness (QED) is 0.549. The smallest absolute Gasteiger partial charge is 0.243 e. The third kappa shape index (κ3) is 5.59. The van der Waals surface area contributed by atoms with Crippen LogP contribution in [0.1, 0.15) is 32.1 Å². The summed E-state index contributed by atoms with van der Waals surface area (Å²) in [6.07, 6.45) is 4.40. The molecule has 0 heterocycles. The van der Waals surface area contributed by atoms with Crippen molar-refractivity contribution in [3.8, 4) is 17.2 Å². The van der Waals surface area contributed by atoms with E-state index in [-0.39, 0.29) is 23.4 Å². The zero-order valence-electron chi connectivity index (χ0n) is 19.6. The fourth-order valence-electron chi connectivity index (χ4n) is 4.08. The Bertz CT molecular complexity index is 1050. The lowest BCUT2D eigenvalue weighted by molar-refractivity contribution is -0.119. The molecule has 0 N–H and O–H groups in total. The summed E-state index contributed by atoms with van der Waals surface area (Å²) in [4.78, 5) is 14.7. The van der Waals surface area contributed by atoms with E-state index in [1.54, 1.807) is 44.5 Å². The van der Waals surface area contributed by atoms with E-state index in [1.165, 1.54) is 35.6 Å². The second-order valence-corrected chi connectivity index (χ2v) is 9.90. The first kappa shape index (κ1) is 24.9. The number of hydrogen-bond donors (Lipinski definition) is 0. The number of ether oxygens (including phenoxy) is 3. The molecular formula is C24H32N2O6S. The number of nitrogens with zero attached hydrogens (tertiary/aromatic N) is 2. The maximum absolute atomic E-state index is 13.7. The minimum atomic E-state index is -3.95. The van der Waals surface area contributed by atoms with Crippen molar-refractivity contribution in [1.29, 1.82) is 0 Å². The Morgan fingerprint density at radius 3 is 2.12 bits per heavy atom. The van der Waals surface area contributed by atoms with E-state index in [0.717, 1.165) is 32.1 Å². The van der Waals surface area contributed by atoms with Crippen LogP contribution >= 0.6 is 0 Å². The van der Waals surface area contributed by atoms with Crippen LogP contribution in [0.5, 0.6) is 17.2 Å². The molecule has 1 aliphatic rings. The molecular weight excluding hydrogens is 444 g/mol. The minimum Gasteiger partial charge on any atom is -0.497 e. The van der Waals surface area contributed by atoms with Crippen LogP contribution < -0.4 is 19.1 Å². The van der Waals surface area contributed by atoms with Crippen molar-refractivity contribution < 1.29 is 27.4 Å². The number of benzene rings is 2. The second-order valence-electron chi connectivity index (χ2n) is 8.01. The fourth-order valence-corrected chi connectivity index (χ4v) is 5.73. The van der Waals surface area contributed by atoms with Crippen molar-refractivity contribution in [2.75, 3.05) is 39.8 Å². The highest BCUT2D eigenvalue weighted by Crippen LogP contribution is 2.33. The summed E-state index contributed by atoms with van der Waals surface area (Å²) in [5, 5.41) is 0. The number of methoxy groups -OCH3 is 3. The van der Waals surface area contributed by atoms with Crippen molar-refractivity contribution in [3.63, 3.8) is 0 Å². The van der Waals surface area contributed by atoms with Gasteiger partial charge in [0.2, 0.25) is 15.9 Å². The minimum absolute atomic E-state index is 0.0747. The number of sulfonamides is 1. The van der Waals surface area contributed by atoms with Crippen molar-refractivity contribution >= 4 is 21.6 Å². The molecule has 1 fully saturated rings. The van der Waals surface area contributed by atoms with Gasteiger partial charge in [-0.1, -0.05) is 19.3 Å². The van der Waals surface area contributed by atoms with Gasteiger partial charge in [-0.2, -0.15) is 4.31 Å². The van der Waals surface area contributed by atoms with E-state index in [0.29, 0.717) is 22.9 Å². The Morgan fingerprint density at radius 2 is 1.55 bits per heavy atom. The average molecular weight is 477 g/mol. The first-order chi connectivity index (χ1) is 15.8. The topological polar surface area (TPSA) is 85.4 Å². The van der Waals surface area contributed by atoms with Crippen molar-refractivity contribution in [3.05, 3.63) is 42.5 Å². The molecule has 0 aliphatic heterocycles. The largest absolute Gasteiger partial charge is 0.497 e. The zero-order chi connectivity index (χ0) is 24.0. The van der Waals surface area contributed by atoms with E-state index in [4.69, 9.17) is 14.2 Å². The predicted octanol–water partition coefficient (Wildman–Crippen LogP) is 3.70. The van der Waals surface area contributed by atoms with Gasteiger partial charge in [0.15, 0.2) is 11.5 Å². The Balaban J connectivity index is 1.91. The first-order valence-corrected chi connectivity index (χ1v) is 12.4. The van der Waals surface area contributed by atoms with Crippen LogP contribution in [-0.4, -0.2) is 59.6 Å². The standard InChI is InChI=1S/C24H32N2O6S/c1-25(18-10-12-20(30-2)13-11-18)24(27)17-26(19-8-6-5-7-9-19)33(28,29)21-14-15-22(31-3)23(16-21)32-4/h10-16,19H,5-9,17H2,1-4H3. The number of amides is 1. The number of carbonyl (C=O) groups excluding carboxylic acids is 1. The molecule has 0 atom stereocenters. The van der Waals surface area contributed by atoms with Gasteiger partial charge in [0.05, 0.1) is 32.8 Å². The van der Waals surface area contributed by atoms with Gasteiger partial charge < -0.3 is 19.1 Å². The maximum Gasteiger partial charge on any atom is 0.243 e. The molecule has 2 aromatic carbocycles. The van der Waals surface area contributed by atoms with Gasteiger partial charge in [0.1, 0.15) is 5.75 Å². The molecule has 180 valence electrons. The SMILES string of the molecule is COc1ccc(N(C)C(=O)CN(C2CCCCC2)S(=O)(=O)c2ccc(OC)c(OC)c2)cc1. The van der Waals surface area contributed by atoms with E-state index in [2.05, 4.69) is 0 Å². The van der Waals surface area contributed by atoms with Gasteiger partial charge in [-0.05, 0) is 49.2 Å². The highest BCUT2D eigenvalue weighted by molar-refractivity contribution is 7.89. The normalized spacial score (nSPS) is 14.7. The number of hydrogen-bond acceptors (Lipinski definition) is 6. The second kappa shape index (κ2) is 10.9. The van der Waals surface area contributed by atoms with Crippen LogP contribution in [0.15, 0.2) is 47.4 Å². The molecule has 33 heavy (non-hydrogen) atoms. The maximum atomic E-state index is 13.7. The third-order valence-corrected chi connectivity index (χ3v) is 7.96. The number of rotatable bonds is 9. The van der Waals surface area contributed by atoms with Crippen molar-refractivity contribution in [2.45, 2.75) is 43.0 Å². The monoisotopic (exact) mass is 476 g/mol. The molecule has 1 aliphatic carbocycles. The molecule has 9 heteroatoms. The Hall–Kier alpha value is -2.78. The average Bonchev–Trinajstić information content (AvgIpc) is 2.86. The lowest BCUT2D eigenvalue weighted by atomic mass is 9.95. The molecule has 0 bridgehead atoms. The van der Waals surface area contributed by atoms with Gasteiger partial charge in [0.25, 0.3) is 0 Å². The lowest BCUT2D eigenvalue weighted by Crippen LogP contribution is -2.47. The molecule has 2 aromatic rings. The Morgan fingerprint density at radius 1 is 0.909 bits per heavy atom. The molecule has 8 nitrogen and oxygen atoms in total.